The summed E-state index contributed by atoms with van der Waals surface area (Å²) in [5.41, 5.74) is 8.14. The average Bonchev–Trinajstić information content (AvgIpc) is 3.10. The molecule has 2 aliphatic heterocycles. The van der Waals surface area contributed by atoms with Crippen LogP contribution in [0.3, 0.4) is 0 Å². The summed E-state index contributed by atoms with van der Waals surface area (Å²) < 4.78 is 33.2. The van der Waals surface area contributed by atoms with E-state index in [1.807, 2.05) is 19.1 Å². The second kappa shape index (κ2) is 7.09. The molecule has 0 amide bonds. The predicted molar refractivity (Wildman–Crippen MR) is 123 cm³/mol. The normalized spacial score (nSPS) is 22.6. The Morgan fingerprint density at radius 2 is 1.83 bits per heavy atom. The molecule has 1 atom stereocenters. The lowest BCUT2D eigenvalue weighted by molar-refractivity contribution is 0.0878. The second-order valence-electron chi connectivity index (χ2n) is 7.86. The molecule has 1 spiro atoms. The molecule has 30 heavy (non-hydrogen) atoms. The van der Waals surface area contributed by atoms with E-state index in [9.17, 15) is 8.42 Å². The summed E-state index contributed by atoms with van der Waals surface area (Å²) in [6.07, 6.45) is 0.764. The van der Waals surface area contributed by atoms with Gasteiger partial charge in [-0.3, -0.25) is 4.99 Å². The highest BCUT2D eigenvalue weighted by Crippen LogP contribution is 2.41. The summed E-state index contributed by atoms with van der Waals surface area (Å²) in [6, 6.07) is 11.8. The molecule has 7 heteroatoms. The highest BCUT2D eigenvalue weighted by Gasteiger charge is 2.51. The Bertz CT molecular complexity index is 1350. The molecule has 3 aromatic rings. The van der Waals surface area contributed by atoms with Crippen molar-refractivity contribution in [2.45, 2.75) is 30.6 Å². The zero-order valence-corrected chi connectivity index (χ0v) is 18.3. The van der Waals surface area contributed by atoms with E-state index < -0.39 is 20.6 Å². The molecule has 2 aliphatic rings. The molecule has 154 valence electrons. The van der Waals surface area contributed by atoms with Crippen LogP contribution in [0.2, 0.25) is 0 Å². The zero-order chi connectivity index (χ0) is 20.9. The standard InChI is InChI=1S/C23H22N2O3S2/c1-2-3-15-4-6-20-17(12-15)18-13-16(5-7-21(18)29-20)19-14-30(26,27)23(22(24)25-19)8-10-28-11-9-23/h4-7,12-13,19H,8-11,14H2,1H3,(H2,24,25). The Hall–Kier alpha value is -2.40. The van der Waals surface area contributed by atoms with Gasteiger partial charge in [-0.25, -0.2) is 8.42 Å². The van der Waals surface area contributed by atoms with Crippen LogP contribution in [0.1, 0.15) is 36.9 Å². The van der Waals surface area contributed by atoms with Crippen molar-refractivity contribution in [1.82, 2.24) is 0 Å². The third-order valence-corrected chi connectivity index (χ3v) is 9.90. The number of aliphatic imine (C=N–C) groups is 1. The Kier molecular flexibility index (Phi) is 4.62. The minimum atomic E-state index is -3.44. The summed E-state index contributed by atoms with van der Waals surface area (Å²) in [6.45, 7) is 2.62. The van der Waals surface area contributed by atoms with E-state index in [1.165, 1.54) is 4.70 Å². The quantitative estimate of drug-likeness (QED) is 0.586. The van der Waals surface area contributed by atoms with Gasteiger partial charge in [0.05, 0.1) is 11.8 Å². The minimum Gasteiger partial charge on any atom is -0.386 e. The van der Waals surface area contributed by atoms with E-state index in [2.05, 4.69) is 41.1 Å². The van der Waals surface area contributed by atoms with Crippen molar-refractivity contribution in [2.75, 3.05) is 19.0 Å². The van der Waals surface area contributed by atoms with E-state index in [4.69, 9.17) is 10.5 Å². The average molecular weight is 439 g/mol. The van der Waals surface area contributed by atoms with Gasteiger partial charge < -0.3 is 10.5 Å². The lowest BCUT2D eigenvalue weighted by Crippen LogP contribution is -2.57. The van der Waals surface area contributed by atoms with Crippen LogP contribution in [0, 0.1) is 11.8 Å². The monoisotopic (exact) mass is 438 g/mol. The summed E-state index contributed by atoms with van der Waals surface area (Å²) in [4.78, 5) is 4.68. The number of thiophene rings is 1. The maximum atomic E-state index is 13.3. The SMILES string of the molecule is CC#Cc1ccc2sc3ccc(C4CS(=O)(=O)C5(CCOCC5)C(N)=N4)cc3c2c1. The number of hydrogen-bond donors (Lipinski definition) is 1. The fourth-order valence-corrected chi connectivity index (χ4v) is 7.74. The van der Waals surface area contributed by atoms with E-state index in [0.29, 0.717) is 26.1 Å². The van der Waals surface area contributed by atoms with E-state index in [1.54, 1.807) is 11.3 Å². The van der Waals surface area contributed by atoms with Crippen LogP contribution >= 0.6 is 11.3 Å². The van der Waals surface area contributed by atoms with Gasteiger partial charge in [-0.1, -0.05) is 12.0 Å². The predicted octanol–water partition coefficient (Wildman–Crippen LogP) is 3.80. The van der Waals surface area contributed by atoms with Crippen LogP contribution in [0.5, 0.6) is 0 Å². The molecule has 2 aromatic carbocycles. The number of fused-ring (bicyclic) bond motifs is 3. The first-order valence-electron chi connectivity index (χ1n) is 9.96. The largest absolute Gasteiger partial charge is 0.386 e. The molecule has 0 aliphatic carbocycles. The van der Waals surface area contributed by atoms with Gasteiger partial charge in [0.2, 0.25) is 0 Å². The molecule has 1 aromatic heterocycles. The number of ether oxygens (including phenoxy) is 1. The number of nitrogens with zero attached hydrogens (tertiary/aromatic N) is 1. The molecule has 1 fully saturated rings. The zero-order valence-electron chi connectivity index (χ0n) is 16.6. The molecule has 1 unspecified atom stereocenters. The molecule has 5 rings (SSSR count). The molecule has 0 saturated carbocycles. The van der Waals surface area contributed by atoms with Crippen molar-refractivity contribution < 1.29 is 13.2 Å². The minimum absolute atomic E-state index is 0.0200. The van der Waals surface area contributed by atoms with Crippen LogP contribution in [0.25, 0.3) is 20.2 Å². The van der Waals surface area contributed by atoms with Gasteiger partial charge in [0.25, 0.3) is 0 Å². The maximum absolute atomic E-state index is 13.3. The van der Waals surface area contributed by atoms with Gasteiger partial charge in [0, 0.05) is 38.9 Å². The van der Waals surface area contributed by atoms with E-state index in [-0.39, 0.29) is 11.6 Å². The lowest BCUT2D eigenvalue weighted by Gasteiger charge is -2.40. The number of hydrogen-bond acceptors (Lipinski definition) is 6. The fraction of sp³-hybridized carbons (Fsp3) is 0.348. The van der Waals surface area contributed by atoms with E-state index >= 15 is 0 Å². The molecule has 0 radical (unpaired) electrons. The third-order valence-electron chi connectivity index (χ3n) is 6.18. The van der Waals surface area contributed by atoms with Crippen LogP contribution in [0.15, 0.2) is 41.4 Å². The maximum Gasteiger partial charge on any atom is 0.165 e. The topological polar surface area (TPSA) is 81.8 Å². The van der Waals surface area contributed by atoms with Gasteiger partial charge in [-0.05, 0) is 55.7 Å². The third kappa shape index (κ3) is 2.94. The first kappa shape index (κ1) is 19.6. The van der Waals surface area contributed by atoms with E-state index in [0.717, 1.165) is 26.6 Å². The molecule has 3 heterocycles. The molecular weight excluding hydrogens is 416 g/mol. The summed E-state index contributed by atoms with van der Waals surface area (Å²) in [5.74, 6) is 6.26. The summed E-state index contributed by atoms with van der Waals surface area (Å²) in [5, 5.41) is 2.23. The van der Waals surface area contributed by atoms with Crippen molar-refractivity contribution in [3.05, 3.63) is 47.5 Å². The van der Waals surface area contributed by atoms with Gasteiger partial charge in [0.15, 0.2) is 9.84 Å². The van der Waals surface area contributed by atoms with Gasteiger partial charge in [0.1, 0.15) is 10.6 Å². The van der Waals surface area contributed by atoms with Crippen molar-refractivity contribution in [3.63, 3.8) is 0 Å². The number of rotatable bonds is 1. The number of amidine groups is 1. The second-order valence-corrected chi connectivity index (χ2v) is 11.3. The van der Waals surface area contributed by atoms with Crippen LogP contribution < -0.4 is 5.73 Å². The Labute approximate surface area is 179 Å². The van der Waals surface area contributed by atoms with Crippen molar-refractivity contribution in [2.24, 2.45) is 10.7 Å². The Balaban J connectivity index is 1.61. The molecular formula is C23H22N2O3S2. The van der Waals surface area contributed by atoms with Gasteiger partial charge >= 0.3 is 0 Å². The Morgan fingerprint density at radius 3 is 2.53 bits per heavy atom. The first-order chi connectivity index (χ1) is 14.4. The number of nitrogens with two attached hydrogens (primary N) is 1. The number of sulfone groups is 1. The first-order valence-corrected chi connectivity index (χ1v) is 12.4. The molecule has 1 saturated heterocycles. The summed E-state index contributed by atoms with van der Waals surface area (Å²) in [7, 11) is -3.44. The number of benzene rings is 2. The van der Waals surface area contributed by atoms with Gasteiger partial charge in [-0.2, -0.15) is 0 Å². The molecule has 0 bridgehead atoms. The molecule has 5 nitrogen and oxygen atoms in total. The summed E-state index contributed by atoms with van der Waals surface area (Å²) >= 11 is 1.72. The van der Waals surface area contributed by atoms with Crippen LogP contribution in [0.4, 0.5) is 0 Å². The molecule has 2 N–H and O–H groups in total. The smallest absolute Gasteiger partial charge is 0.165 e. The Morgan fingerprint density at radius 1 is 1.13 bits per heavy atom. The van der Waals surface area contributed by atoms with Gasteiger partial charge in [-0.15, -0.1) is 17.3 Å². The van der Waals surface area contributed by atoms with Crippen molar-refractivity contribution >= 4 is 47.2 Å². The highest BCUT2D eigenvalue weighted by atomic mass is 32.2. The van der Waals surface area contributed by atoms with Crippen molar-refractivity contribution in [3.8, 4) is 11.8 Å². The van der Waals surface area contributed by atoms with Crippen molar-refractivity contribution in [1.29, 1.82) is 0 Å². The van der Waals surface area contributed by atoms with Crippen LogP contribution in [-0.2, 0) is 14.6 Å². The fourth-order valence-electron chi connectivity index (χ4n) is 4.51. The lowest BCUT2D eigenvalue weighted by atomic mass is 9.96. The highest BCUT2D eigenvalue weighted by molar-refractivity contribution is 7.93. The van der Waals surface area contributed by atoms with Crippen LogP contribution in [-0.4, -0.2) is 38.0 Å².